The predicted molar refractivity (Wildman–Crippen MR) is 79.1 cm³/mol. The second-order valence-electron chi connectivity index (χ2n) is 5.20. The number of benzene rings is 2. The van der Waals surface area contributed by atoms with Crippen molar-refractivity contribution in [2.24, 2.45) is 0 Å². The minimum Gasteiger partial charge on any atom is -0.489 e. The normalized spacial score (nSPS) is 14.5. The van der Waals surface area contributed by atoms with Gasteiger partial charge in [0.1, 0.15) is 12.4 Å². The van der Waals surface area contributed by atoms with Crippen LogP contribution in [-0.4, -0.2) is 13.0 Å². The number of carbonyl (C=O) groups excluding carboxylic acids is 1. The molecule has 3 nitrogen and oxygen atoms in total. The summed E-state index contributed by atoms with van der Waals surface area (Å²) in [6.07, 6.45) is 0.562. The number of fused-ring (bicyclic) bond motifs is 3. The summed E-state index contributed by atoms with van der Waals surface area (Å²) in [5.74, 6) is 1.20. The van der Waals surface area contributed by atoms with Crippen LogP contribution < -0.4 is 9.64 Å². The van der Waals surface area contributed by atoms with Gasteiger partial charge in [-0.05, 0) is 41.8 Å². The number of anilines is 1. The Morgan fingerprint density at radius 3 is 2.70 bits per heavy atom. The summed E-state index contributed by atoms with van der Waals surface area (Å²) in [5, 5.41) is 0. The van der Waals surface area contributed by atoms with Gasteiger partial charge in [0.05, 0.1) is 6.42 Å². The van der Waals surface area contributed by atoms with Gasteiger partial charge in [-0.1, -0.05) is 24.3 Å². The van der Waals surface area contributed by atoms with Crippen molar-refractivity contribution >= 4 is 11.6 Å². The molecule has 2 aliphatic rings. The van der Waals surface area contributed by atoms with Crippen molar-refractivity contribution in [3.8, 4) is 5.75 Å². The van der Waals surface area contributed by atoms with Crippen LogP contribution >= 0.6 is 0 Å². The number of carbonyl (C=O) groups is 1. The van der Waals surface area contributed by atoms with E-state index in [1.54, 1.807) is 4.90 Å². The van der Waals surface area contributed by atoms with E-state index in [-0.39, 0.29) is 5.91 Å². The van der Waals surface area contributed by atoms with Crippen LogP contribution in [0.1, 0.15) is 16.7 Å². The molecule has 4 rings (SSSR count). The van der Waals surface area contributed by atoms with Gasteiger partial charge in [0.2, 0.25) is 5.91 Å². The van der Waals surface area contributed by atoms with Crippen molar-refractivity contribution in [3.05, 3.63) is 59.2 Å². The van der Waals surface area contributed by atoms with Gasteiger partial charge in [-0.3, -0.25) is 4.79 Å². The van der Waals surface area contributed by atoms with Crippen LogP contribution in [0.2, 0.25) is 0 Å². The number of hydrogen-bond acceptors (Lipinski definition) is 2. The Kier molecular flexibility index (Phi) is 3.18. The molecular weight excluding hydrogens is 250 g/mol. The first-order valence-electron chi connectivity index (χ1n) is 6.71. The molecule has 0 saturated heterocycles. The summed E-state index contributed by atoms with van der Waals surface area (Å²) in [5.41, 5.74) is 4.78. The third kappa shape index (κ3) is 2.39. The molecule has 2 aromatic carbocycles. The maximum absolute atomic E-state index is 11.2. The van der Waals surface area contributed by atoms with Gasteiger partial charge < -0.3 is 9.64 Å². The topological polar surface area (TPSA) is 29.5 Å². The average Bonchev–Trinajstić information content (AvgIpc) is 2.92. The molecule has 0 fully saturated rings. The molecule has 2 heterocycles. The summed E-state index contributed by atoms with van der Waals surface area (Å²) < 4.78 is 5.26. The van der Waals surface area contributed by atoms with Crippen molar-refractivity contribution in [3.63, 3.8) is 0 Å². The molecule has 2 aromatic rings. The number of hydrogen-bond donors (Lipinski definition) is 0. The molecule has 0 aromatic heterocycles. The molecule has 0 saturated carbocycles. The lowest BCUT2D eigenvalue weighted by Gasteiger charge is -2.08. The largest absolute Gasteiger partial charge is 0.489 e. The number of ether oxygens (including phenoxy) is 1. The van der Waals surface area contributed by atoms with Crippen LogP contribution in [0.25, 0.3) is 0 Å². The Labute approximate surface area is 118 Å². The van der Waals surface area contributed by atoms with Crippen LogP contribution in [-0.2, 0) is 17.8 Å². The number of aryl methyl sites for hydroxylation is 1. The zero-order valence-corrected chi connectivity index (χ0v) is 11.7. The molecule has 20 heavy (non-hydrogen) atoms. The van der Waals surface area contributed by atoms with Gasteiger partial charge in [-0.15, -0.1) is 0 Å². The molecule has 0 spiro atoms. The summed E-state index contributed by atoms with van der Waals surface area (Å²) in [7, 11) is 1.81. The van der Waals surface area contributed by atoms with Crippen molar-refractivity contribution in [2.75, 3.05) is 11.9 Å². The summed E-state index contributed by atoms with van der Waals surface area (Å²) in [6.45, 7) is 2.85. The monoisotopic (exact) mass is 267 g/mol. The van der Waals surface area contributed by atoms with Crippen molar-refractivity contribution in [2.45, 2.75) is 20.0 Å². The molecule has 102 valence electrons. The minimum absolute atomic E-state index is 0.186. The molecule has 0 radical (unpaired) electrons. The maximum Gasteiger partial charge on any atom is 0.231 e. The Morgan fingerprint density at radius 1 is 1.15 bits per heavy atom. The van der Waals surface area contributed by atoms with Crippen LogP contribution in [0.15, 0.2) is 42.5 Å². The molecule has 0 N–H and O–H groups in total. The first kappa shape index (κ1) is 12.7. The zero-order chi connectivity index (χ0) is 14.1. The van der Waals surface area contributed by atoms with Gasteiger partial charge in [-0.25, -0.2) is 0 Å². The molecule has 1 amide bonds. The Morgan fingerprint density at radius 2 is 1.95 bits per heavy atom. The van der Waals surface area contributed by atoms with E-state index in [0.717, 1.165) is 23.6 Å². The van der Waals surface area contributed by atoms with Gasteiger partial charge in [-0.2, -0.15) is 0 Å². The van der Waals surface area contributed by atoms with E-state index in [1.807, 2.05) is 31.3 Å². The van der Waals surface area contributed by atoms with Crippen LogP contribution in [0.5, 0.6) is 5.75 Å². The van der Waals surface area contributed by atoms with Gasteiger partial charge in [0, 0.05) is 12.7 Å². The highest BCUT2D eigenvalue weighted by Crippen LogP contribution is 2.26. The van der Waals surface area contributed by atoms with Crippen LogP contribution in [0.4, 0.5) is 5.69 Å². The number of nitrogens with zero attached hydrogens (tertiary/aromatic N) is 1. The Balaban J connectivity index is 0.000000123. The van der Waals surface area contributed by atoms with Crippen LogP contribution in [0.3, 0.4) is 0 Å². The third-order valence-electron chi connectivity index (χ3n) is 3.58. The Hall–Kier alpha value is -2.29. The van der Waals surface area contributed by atoms with E-state index in [9.17, 15) is 4.79 Å². The molecule has 2 aliphatic heterocycles. The smallest absolute Gasteiger partial charge is 0.231 e. The standard InChI is InChI=1S/C9H9NO.C8H8O/c1-10-8-5-3-2-4-7(8)6-9(10)11;1-6-2-7-4-8(3-6)9-5-7/h2-5H,6H2,1H3;2-4H,5H2,1H3. The second kappa shape index (κ2) is 5.00. The summed E-state index contributed by atoms with van der Waals surface area (Å²) >= 11 is 0. The lowest BCUT2D eigenvalue weighted by Crippen LogP contribution is -2.20. The molecule has 0 unspecified atom stereocenters. The van der Waals surface area contributed by atoms with Gasteiger partial charge >= 0.3 is 0 Å². The second-order valence-corrected chi connectivity index (χ2v) is 5.20. The fourth-order valence-corrected chi connectivity index (χ4v) is 2.56. The van der Waals surface area contributed by atoms with Gasteiger partial charge in [0.15, 0.2) is 0 Å². The number of amides is 1. The predicted octanol–water partition coefficient (Wildman–Crippen LogP) is 3.09. The molecule has 2 bridgehead atoms. The highest BCUT2D eigenvalue weighted by Gasteiger charge is 2.22. The maximum atomic E-state index is 11.2. The first-order valence-corrected chi connectivity index (χ1v) is 6.71. The van der Waals surface area contributed by atoms with Crippen molar-refractivity contribution < 1.29 is 9.53 Å². The highest BCUT2D eigenvalue weighted by molar-refractivity contribution is 6.00. The quantitative estimate of drug-likeness (QED) is 0.734. The van der Waals surface area contributed by atoms with E-state index in [2.05, 4.69) is 25.1 Å². The van der Waals surface area contributed by atoms with E-state index >= 15 is 0 Å². The van der Waals surface area contributed by atoms with E-state index in [4.69, 9.17) is 4.74 Å². The van der Waals surface area contributed by atoms with Crippen molar-refractivity contribution in [1.82, 2.24) is 0 Å². The molecule has 3 heteroatoms. The van der Waals surface area contributed by atoms with Crippen molar-refractivity contribution in [1.29, 1.82) is 0 Å². The fraction of sp³-hybridized carbons (Fsp3) is 0.235. The number of rotatable bonds is 0. The fourth-order valence-electron chi connectivity index (χ4n) is 2.56. The average molecular weight is 267 g/mol. The minimum atomic E-state index is 0.186. The van der Waals surface area contributed by atoms with E-state index < -0.39 is 0 Å². The van der Waals surface area contributed by atoms with E-state index in [1.165, 1.54) is 11.1 Å². The summed E-state index contributed by atoms with van der Waals surface area (Å²) in [6, 6.07) is 14.2. The summed E-state index contributed by atoms with van der Waals surface area (Å²) in [4.78, 5) is 12.9. The molecule has 0 aliphatic carbocycles. The van der Waals surface area contributed by atoms with Crippen LogP contribution in [0, 0.1) is 6.92 Å². The van der Waals surface area contributed by atoms with Gasteiger partial charge in [0.25, 0.3) is 0 Å². The zero-order valence-electron chi connectivity index (χ0n) is 11.7. The SMILES string of the molecule is CN1C(=O)Cc2ccccc21.Cc1cc2cc(c1)OC2. The van der Waals surface area contributed by atoms with E-state index in [0.29, 0.717) is 6.42 Å². The number of likely N-dealkylation sites (N-methyl/N-ethyl adjacent to an activating group) is 1. The number of para-hydroxylation sites is 1. The Bertz CT molecular complexity index is 642. The lowest BCUT2D eigenvalue weighted by atomic mass is 10.2. The molecular formula is C17H17NO2. The third-order valence-corrected chi connectivity index (χ3v) is 3.58. The first-order chi connectivity index (χ1) is 9.63. The lowest BCUT2D eigenvalue weighted by molar-refractivity contribution is -0.117. The highest BCUT2D eigenvalue weighted by atomic mass is 16.5. The molecule has 0 atom stereocenters.